The molecule has 0 saturated carbocycles. The van der Waals surface area contributed by atoms with E-state index in [2.05, 4.69) is 19.9 Å². The minimum absolute atomic E-state index is 0.389. The van der Waals surface area contributed by atoms with Crippen LogP contribution in [-0.4, -0.2) is 6.61 Å². The molecular weight excluding hydrogens is 192 g/mol. The molecule has 0 aliphatic carbocycles. The molecule has 1 aliphatic rings. The van der Waals surface area contributed by atoms with Crippen LogP contribution in [0, 0.1) is 0 Å². The minimum Gasteiger partial charge on any atom is -0.373 e. The van der Waals surface area contributed by atoms with Crippen LogP contribution in [0.3, 0.4) is 0 Å². The van der Waals surface area contributed by atoms with Crippen molar-refractivity contribution in [1.29, 1.82) is 0 Å². The van der Waals surface area contributed by atoms with Gasteiger partial charge in [0.25, 0.3) is 0 Å². The molecule has 2 heterocycles. The molecule has 1 aromatic rings. The van der Waals surface area contributed by atoms with Crippen LogP contribution in [0.25, 0.3) is 0 Å². The Kier molecular flexibility index (Phi) is 3.24. The summed E-state index contributed by atoms with van der Waals surface area (Å²) in [6, 6.07) is 2.36. The quantitative estimate of drug-likeness (QED) is 0.738. The Morgan fingerprint density at radius 3 is 3.07 bits per heavy atom. The summed E-state index contributed by atoms with van der Waals surface area (Å²) in [5, 5.41) is 0. The summed E-state index contributed by atoms with van der Waals surface area (Å²) in [5.41, 5.74) is 1.49. The number of ether oxygens (including phenoxy) is 1. The maximum atomic E-state index is 5.81. The minimum atomic E-state index is 0.389. The van der Waals surface area contributed by atoms with Crippen molar-refractivity contribution in [2.24, 2.45) is 0 Å². The van der Waals surface area contributed by atoms with Gasteiger partial charge in [-0.1, -0.05) is 20.3 Å². The molecule has 0 fully saturated rings. The van der Waals surface area contributed by atoms with E-state index in [0.29, 0.717) is 6.10 Å². The zero-order valence-corrected chi connectivity index (χ0v) is 9.82. The summed E-state index contributed by atoms with van der Waals surface area (Å²) in [6.07, 6.45) is 5.06. The summed E-state index contributed by atoms with van der Waals surface area (Å²) >= 11 is 1.98. The lowest BCUT2D eigenvalue weighted by Crippen LogP contribution is -2.13. The highest BCUT2D eigenvalue weighted by molar-refractivity contribution is 7.12. The zero-order valence-electron chi connectivity index (χ0n) is 9.01. The SMILES string of the molecule is CCCC1OCCc2sc(CC)cc21. The standard InChI is InChI=1S/C12H18OS/c1-3-5-11-10-8-9(4-2)14-12(10)6-7-13-11/h8,11H,3-7H2,1-2H3. The molecule has 0 amide bonds. The highest BCUT2D eigenvalue weighted by atomic mass is 32.1. The van der Waals surface area contributed by atoms with E-state index in [1.165, 1.54) is 23.3 Å². The van der Waals surface area contributed by atoms with Gasteiger partial charge in [-0.15, -0.1) is 11.3 Å². The van der Waals surface area contributed by atoms with Crippen molar-refractivity contribution in [2.45, 2.75) is 45.6 Å². The van der Waals surface area contributed by atoms with Crippen molar-refractivity contribution in [3.05, 3.63) is 21.4 Å². The maximum absolute atomic E-state index is 5.81. The van der Waals surface area contributed by atoms with Crippen molar-refractivity contribution < 1.29 is 4.74 Å². The molecule has 1 aliphatic heterocycles. The lowest BCUT2D eigenvalue weighted by molar-refractivity contribution is 0.0373. The second-order valence-corrected chi connectivity index (χ2v) is 5.06. The van der Waals surface area contributed by atoms with Crippen LogP contribution >= 0.6 is 11.3 Å². The van der Waals surface area contributed by atoms with E-state index in [1.54, 1.807) is 4.88 Å². The van der Waals surface area contributed by atoms with Crippen LogP contribution in [0.4, 0.5) is 0 Å². The molecule has 0 bridgehead atoms. The molecule has 0 radical (unpaired) electrons. The Morgan fingerprint density at radius 2 is 2.36 bits per heavy atom. The Hall–Kier alpha value is -0.340. The summed E-state index contributed by atoms with van der Waals surface area (Å²) in [6.45, 7) is 5.37. The van der Waals surface area contributed by atoms with Gasteiger partial charge in [-0.25, -0.2) is 0 Å². The number of hydrogen-bond acceptors (Lipinski definition) is 2. The van der Waals surface area contributed by atoms with Gasteiger partial charge in [-0.2, -0.15) is 0 Å². The number of thiophene rings is 1. The number of fused-ring (bicyclic) bond motifs is 1. The third-order valence-corrected chi connectivity index (χ3v) is 4.14. The van der Waals surface area contributed by atoms with E-state index in [0.717, 1.165) is 19.4 Å². The van der Waals surface area contributed by atoms with Gasteiger partial charge in [0.15, 0.2) is 0 Å². The number of rotatable bonds is 3. The van der Waals surface area contributed by atoms with E-state index < -0.39 is 0 Å². The normalized spacial score (nSPS) is 20.9. The first-order valence-corrected chi connectivity index (χ1v) is 6.39. The van der Waals surface area contributed by atoms with Crippen LogP contribution in [0.5, 0.6) is 0 Å². The Balaban J connectivity index is 2.24. The largest absolute Gasteiger partial charge is 0.373 e. The first-order valence-electron chi connectivity index (χ1n) is 5.58. The van der Waals surface area contributed by atoms with Gasteiger partial charge >= 0.3 is 0 Å². The molecule has 1 aromatic heterocycles. The molecule has 2 rings (SSSR count). The van der Waals surface area contributed by atoms with Crippen LogP contribution in [0.1, 0.15) is 48.1 Å². The van der Waals surface area contributed by atoms with Crippen molar-refractivity contribution in [3.63, 3.8) is 0 Å². The molecule has 1 nitrogen and oxygen atoms in total. The van der Waals surface area contributed by atoms with Gasteiger partial charge in [-0.05, 0) is 24.5 Å². The van der Waals surface area contributed by atoms with Crippen LogP contribution in [0.15, 0.2) is 6.07 Å². The van der Waals surface area contributed by atoms with Crippen molar-refractivity contribution in [2.75, 3.05) is 6.61 Å². The Labute approximate surface area is 90.1 Å². The second-order valence-electron chi connectivity index (χ2n) is 3.84. The lowest BCUT2D eigenvalue weighted by atomic mass is 10.0. The number of aryl methyl sites for hydroxylation is 1. The van der Waals surface area contributed by atoms with E-state index in [1.807, 2.05) is 11.3 Å². The fourth-order valence-corrected chi connectivity index (χ4v) is 3.17. The van der Waals surface area contributed by atoms with Crippen LogP contribution < -0.4 is 0 Å². The highest BCUT2D eigenvalue weighted by Gasteiger charge is 2.22. The summed E-state index contributed by atoms with van der Waals surface area (Å²) < 4.78 is 5.81. The third-order valence-electron chi connectivity index (χ3n) is 2.79. The summed E-state index contributed by atoms with van der Waals surface area (Å²) in [4.78, 5) is 3.09. The molecule has 14 heavy (non-hydrogen) atoms. The average molecular weight is 210 g/mol. The smallest absolute Gasteiger partial charge is 0.0835 e. The first-order chi connectivity index (χ1) is 6.85. The lowest BCUT2D eigenvalue weighted by Gasteiger charge is -2.22. The zero-order chi connectivity index (χ0) is 9.97. The Morgan fingerprint density at radius 1 is 1.50 bits per heavy atom. The van der Waals surface area contributed by atoms with Crippen LogP contribution in [-0.2, 0) is 17.6 Å². The summed E-state index contributed by atoms with van der Waals surface area (Å²) in [7, 11) is 0. The molecule has 2 heteroatoms. The van der Waals surface area contributed by atoms with Gasteiger partial charge in [0.1, 0.15) is 0 Å². The van der Waals surface area contributed by atoms with Crippen molar-refractivity contribution in [1.82, 2.24) is 0 Å². The number of hydrogen-bond donors (Lipinski definition) is 0. The van der Waals surface area contributed by atoms with E-state index in [-0.39, 0.29) is 0 Å². The molecule has 0 N–H and O–H groups in total. The van der Waals surface area contributed by atoms with Crippen LogP contribution in [0.2, 0.25) is 0 Å². The molecule has 0 spiro atoms. The fourth-order valence-electron chi connectivity index (χ4n) is 2.03. The van der Waals surface area contributed by atoms with E-state index in [9.17, 15) is 0 Å². The molecule has 0 aromatic carbocycles. The average Bonchev–Trinajstić information content (AvgIpc) is 2.62. The van der Waals surface area contributed by atoms with Crippen molar-refractivity contribution >= 4 is 11.3 Å². The first kappa shape index (κ1) is 10.2. The van der Waals surface area contributed by atoms with Gasteiger partial charge in [0.2, 0.25) is 0 Å². The topological polar surface area (TPSA) is 9.23 Å². The fraction of sp³-hybridized carbons (Fsp3) is 0.667. The van der Waals surface area contributed by atoms with Gasteiger partial charge in [0, 0.05) is 16.2 Å². The van der Waals surface area contributed by atoms with Gasteiger partial charge in [-0.3, -0.25) is 0 Å². The summed E-state index contributed by atoms with van der Waals surface area (Å²) in [5.74, 6) is 0. The van der Waals surface area contributed by atoms with Crippen molar-refractivity contribution in [3.8, 4) is 0 Å². The molecule has 0 saturated heterocycles. The monoisotopic (exact) mass is 210 g/mol. The van der Waals surface area contributed by atoms with Gasteiger partial charge in [0.05, 0.1) is 12.7 Å². The highest BCUT2D eigenvalue weighted by Crippen LogP contribution is 2.36. The van der Waals surface area contributed by atoms with E-state index in [4.69, 9.17) is 4.74 Å². The maximum Gasteiger partial charge on any atom is 0.0835 e. The predicted molar refractivity (Wildman–Crippen MR) is 61.0 cm³/mol. The second kappa shape index (κ2) is 4.45. The molecule has 78 valence electrons. The Bertz CT molecular complexity index is 303. The predicted octanol–water partition coefficient (Wildman–Crippen LogP) is 3.72. The van der Waals surface area contributed by atoms with Gasteiger partial charge < -0.3 is 4.74 Å². The molecule has 1 unspecified atom stereocenters. The molecular formula is C12H18OS. The van der Waals surface area contributed by atoms with E-state index >= 15 is 0 Å². The molecule has 1 atom stereocenters. The third kappa shape index (κ3) is 1.86.